The number of amides is 3. The molecule has 0 bridgehead atoms. The number of nitrogens with one attached hydrogen (secondary N) is 1. The number of carbonyl (C=O) groups is 3. The molecule has 0 aliphatic carbocycles. The molecule has 4 aromatic rings. The average molecular weight is 659 g/mol. The first kappa shape index (κ1) is 32.3. The van der Waals surface area contributed by atoms with Crippen LogP contribution in [0.4, 0.5) is 10.5 Å². The van der Waals surface area contributed by atoms with E-state index < -0.39 is 30.2 Å². The van der Waals surface area contributed by atoms with E-state index in [4.69, 9.17) is 14.2 Å². The lowest BCUT2D eigenvalue weighted by molar-refractivity contribution is -0.268. The number of alkyl carbamates (subject to hydrolysis) is 1. The van der Waals surface area contributed by atoms with E-state index in [1.165, 1.54) is 11.8 Å². The number of rotatable bonds is 10. The molecule has 3 heterocycles. The molecule has 2 fully saturated rings. The summed E-state index contributed by atoms with van der Waals surface area (Å²) in [7, 11) is 1.78. The number of hydrogen-bond donors (Lipinski definition) is 2. The van der Waals surface area contributed by atoms with Gasteiger partial charge in [-0.1, -0.05) is 85.4 Å². The Labute approximate surface area is 275 Å². The highest BCUT2D eigenvalue weighted by molar-refractivity contribution is 7.99. The van der Waals surface area contributed by atoms with Crippen LogP contribution < -0.4 is 10.2 Å². The summed E-state index contributed by atoms with van der Waals surface area (Å²) in [5, 5.41) is 24.4. The van der Waals surface area contributed by atoms with Gasteiger partial charge in [-0.25, -0.2) is 14.4 Å². The van der Waals surface area contributed by atoms with Crippen molar-refractivity contribution in [1.82, 2.24) is 25.5 Å². The number of thioether (sulfide) groups is 1. The summed E-state index contributed by atoms with van der Waals surface area (Å²) in [6.07, 6.45) is -2.26. The number of hydrogen-bond acceptors (Lipinski definition) is 11. The molecule has 3 aromatic carbocycles. The van der Waals surface area contributed by atoms with Gasteiger partial charge in [-0.2, -0.15) is 0 Å². The lowest BCUT2D eigenvalue weighted by Gasteiger charge is -2.41. The summed E-state index contributed by atoms with van der Waals surface area (Å²) in [5.41, 5.74) is 3.62. The van der Waals surface area contributed by atoms with Crippen LogP contribution in [0.3, 0.4) is 0 Å². The van der Waals surface area contributed by atoms with Crippen LogP contribution in [-0.4, -0.2) is 61.1 Å². The minimum absolute atomic E-state index is 0.0390. The van der Waals surface area contributed by atoms with Crippen molar-refractivity contribution in [3.8, 4) is 0 Å². The number of carbonyl (C=O) groups excluding carboxylic acids is 3. The molecule has 1 aromatic heterocycles. The number of aryl methyl sites for hydroxylation is 1. The van der Waals surface area contributed by atoms with Gasteiger partial charge in [0, 0.05) is 24.3 Å². The molecule has 2 N–H and O–H groups in total. The van der Waals surface area contributed by atoms with Gasteiger partial charge < -0.3 is 24.6 Å². The van der Waals surface area contributed by atoms with Crippen LogP contribution in [0, 0.1) is 5.92 Å². The van der Waals surface area contributed by atoms with Crippen LogP contribution in [0.5, 0.6) is 0 Å². The summed E-state index contributed by atoms with van der Waals surface area (Å²) in [5.74, 6) is -0.447. The van der Waals surface area contributed by atoms with Gasteiger partial charge in [0.25, 0.3) is 5.91 Å². The normalized spacial score (nSPS) is 22.8. The molecule has 5 unspecified atom stereocenters. The van der Waals surface area contributed by atoms with Crippen LogP contribution in [0.1, 0.15) is 48.0 Å². The maximum atomic E-state index is 13.2. The van der Waals surface area contributed by atoms with Gasteiger partial charge in [0.2, 0.25) is 11.1 Å². The molecule has 0 spiro atoms. The molecule has 47 heavy (non-hydrogen) atoms. The number of aliphatic hydroxyl groups is 1. The topological polar surface area (TPSA) is 158 Å². The van der Waals surface area contributed by atoms with E-state index in [0.29, 0.717) is 22.2 Å². The Kier molecular flexibility index (Phi) is 9.92. The van der Waals surface area contributed by atoms with Crippen molar-refractivity contribution in [1.29, 1.82) is 0 Å². The van der Waals surface area contributed by atoms with Crippen LogP contribution in [0.15, 0.2) is 84.0 Å². The summed E-state index contributed by atoms with van der Waals surface area (Å²) < 4.78 is 19.8. The van der Waals surface area contributed by atoms with E-state index in [-0.39, 0.29) is 37.8 Å². The van der Waals surface area contributed by atoms with Crippen molar-refractivity contribution < 1.29 is 33.7 Å². The van der Waals surface area contributed by atoms with Gasteiger partial charge in [0.05, 0.1) is 30.9 Å². The highest BCUT2D eigenvalue weighted by Crippen LogP contribution is 2.43. The van der Waals surface area contributed by atoms with E-state index >= 15 is 0 Å². The van der Waals surface area contributed by atoms with Crippen molar-refractivity contribution >= 4 is 35.4 Å². The molecule has 244 valence electrons. The summed E-state index contributed by atoms with van der Waals surface area (Å²) in [6.45, 7) is 2.06. The van der Waals surface area contributed by atoms with Gasteiger partial charge in [-0.05, 0) is 39.2 Å². The first-order chi connectivity index (χ1) is 22.8. The lowest BCUT2D eigenvalue weighted by Crippen LogP contribution is -2.42. The number of nitrogens with zero attached hydrogens (tertiary/aromatic N) is 5. The lowest BCUT2D eigenvalue weighted by atomic mass is 9.91. The molecule has 2 saturated heterocycles. The first-order valence-corrected chi connectivity index (χ1v) is 16.1. The van der Waals surface area contributed by atoms with E-state index in [1.54, 1.807) is 36.0 Å². The number of benzene rings is 3. The monoisotopic (exact) mass is 658 g/mol. The smallest absolute Gasteiger partial charge is 0.408 e. The molecule has 5 atom stereocenters. The Bertz CT molecular complexity index is 1700. The van der Waals surface area contributed by atoms with Gasteiger partial charge >= 0.3 is 6.09 Å². The van der Waals surface area contributed by atoms with Crippen LogP contribution in [0.2, 0.25) is 0 Å². The molecule has 13 nitrogen and oxygen atoms in total. The van der Waals surface area contributed by atoms with Gasteiger partial charge in [0.1, 0.15) is 12.6 Å². The molecule has 0 saturated carbocycles. The van der Waals surface area contributed by atoms with Crippen LogP contribution in [0.25, 0.3) is 0 Å². The fraction of sp³-hybridized carbons (Fsp3) is 0.333. The standard InChI is InChI=1S/C33H34N6O7S/c1-20-27(19-47-32-35-36-37-38(32)2)45-31(46-29(20)23-10-8-21(17-40)9-11-23)24-12-14-25(15-13-24)39-28(41)16-26(30(39)42)34-33(43)44-18-22-6-4-3-5-7-22/h3-15,20,26-27,29,31,40H,16-19H2,1-2H3,(H,34,43). The van der Waals surface area contributed by atoms with Crippen molar-refractivity contribution in [3.63, 3.8) is 0 Å². The van der Waals surface area contributed by atoms with Crippen LogP contribution in [-0.2, 0) is 44.1 Å². The van der Waals surface area contributed by atoms with Gasteiger partial charge in [0.15, 0.2) is 6.29 Å². The van der Waals surface area contributed by atoms with Crippen molar-refractivity contribution in [2.24, 2.45) is 13.0 Å². The Hall–Kier alpha value is -4.63. The molecule has 2 aliphatic rings. The Balaban J connectivity index is 1.14. The highest BCUT2D eigenvalue weighted by Gasteiger charge is 2.42. The minimum atomic E-state index is -1.03. The Morgan fingerprint density at radius 3 is 2.40 bits per heavy atom. The Morgan fingerprint density at radius 1 is 1.00 bits per heavy atom. The number of anilines is 1. The second-order valence-corrected chi connectivity index (χ2v) is 12.3. The second-order valence-electron chi connectivity index (χ2n) is 11.3. The van der Waals surface area contributed by atoms with E-state index in [2.05, 4.69) is 27.8 Å². The maximum absolute atomic E-state index is 13.2. The van der Waals surface area contributed by atoms with Crippen molar-refractivity contribution in [3.05, 3.63) is 101 Å². The number of ether oxygens (including phenoxy) is 3. The largest absolute Gasteiger partial charge is 0.445 e. The van der Waals surface area contributed by atoms with E-state index in [9.17, 15) is 19.5 Å². The molecular formula is C33H34N6O7S. The first-order valence-electron chi connectivity index (χ1n) is 15.1. The fourth-order valence-electron chi connectivity index (χ4n) is 5.51. The summed E-state index contributed by atoms with van der Waals surface area (Å²) in [4.78, 5) is 39.5. The third kappa shape index (κ3) is 7.36. The zero-order chi connectivity index (χ0) is 32.9. The zero-order valence-corrected chi connectivity index (χ0v) is 26.6. The predicted molar refractivity (Wildman–Crippen MR) is 170 cm³/mol. The third-order valence-electron chi connectivity index (χ3n) is 8.16. The third-order valence-corrected chi connectivity index (χ3v) is 9.26. The zero-order valence-electron chi connectivity index (χ0n) is 25.8. The van der Waals surface area contributed by atoms with Crippen molar-refractivity contribution in [2.45, 2.75) is 56.3 Å². The van der Waals surface area contributed by atoms with E-state index in [1.807, 2.05) is 54.6 Å². The fourth-order valence-corrected chi connectivity index (χ4v) is 6.53. The molecule has 0 radical (unpaired) electrons. The number of imide groups is 1. The Morgan fingerprint density at radius 2 is 1.72 bits per heavy atom. The summed E-state index contributed by atoms with van der Waals surface area (Å²) >= 11 is 1.48. The maximum Gasteiger partial charge on any atom is 0.408 e. The molecule has 14 heteroatoms. The van der Waals surface area contributed by atoms with Crippen molar-refractivity contribution in [2.75, 3.05) is 10.7 Å². The SMILES string of the molecule is CC1C(CSc2nnnn2C)OC(c2ccc(N3C(=O)CC(NC(=O)OCc4ccccc4)C3=O)cc2)OC1c1ccc(CO)cc1. The quantitative estimate of drug-likeness (QED) is 0.188. The van der Waals surface area contributed by atoms with E-state index in [0.717, 1.165) is 21.6 Å². The van der Waals surface area contributed by atoms with Gasteiger partial charge in [-0.3, -0.25) is 9.59 Å². The van der Waals surface area contributed by atoms with Crippen LogP contribution >= 0.6 is 11.8 Å². The highest BCUT2D eigenvalue weighted by atomic mass is 32.2. The molecule has 2 aliphatic heterocycles. The second kappa shape index (κ2) is 14.4. The number of aliphatic hydroxyl groups excluding tert-OH is 1. The van der Waals surface area contributed by atoms with Gasteiger partial charge in [-0.15, -0.1) is 5.10 Å². The number of tetrazole rings is 1. The predicted octanol–water partition coefficient (Wildman–Crippen LogP) is 3.84. The molecule has 3 amide bonds. The molecular weight excluding hydrogens is 624 g/mol. The molecule has 6 rings (SSSR count). The minimum Gasteiger partial charge on any atom is -0.445 e. The number of aromatic nitrogens is 4. The average Bonchev–Trinajstić information content (AvgIpc) is 3.63. The summed E-state index contributed by atoms with van der Waals surface area (Å²) in [6, 6.07) is 22.6.